The van der Waals surface area contributed by atoms with Crippen LogP contribution in [0, 0.1) is 0 Å². The predicted octanol–water partition coefficient (Wildman–Crippen LogP) is 4.51. The van der Waals surface area contributed by atoms with Crippen LogP contribution < -0.4 is 10.1 Å². The second-order valence-electron chi connectivity index (χ2n) is 5.64. The van der Waals surface area contributed by atoms with E-state index in [1.807, 2.05) is 30.3 Å². The van der Waals surface area contributed by atoms with Gasteiger partial charge in [0.2, 0.25) is 5.96 Å². The van der Waals surface area contributed by atoms with Crippen LogP contribution in [-0.4, -0.2) is 31.1 Å². The summed E-state index contributed by atoms with van der Waals surface area (Å²) in [5, 5.41) is 3.49. The molecule has 1 N–H and O–H groups in total. The minimum absolute atomic E-state index is 0.806. The number of para-hydroxylation sites is 1. The number of nitrogens with zero attached hydrogens (tertiary/aromatic N) is 2. The van der Waals surface area contributed by atoms with Gasteiger partial charge in [-0.3, -0.25) is 0 Å². The lowest BCUT2D eigenvalue weighted by Crippen LogP contribution is -2.36. The Bertz CT molecular complexity index is 791. The van der Waals surface area contributed by atoms with E-state index >= 15 is 0 Å². The largest absolute Gasteiger partial charge is 0.497 e. The van der Waals surface area contributed by atoms with Crippen molar-refractivity contribution in [1.82, 2.24) is 4.90 Å². The van der Waals surface area contributed by atoms with Gasteiger partial charge in [0.25, 0.3) is 0 Å². The summed E-state index contributed by atoms with van der Waals surface area (Å²) in [4.78, 5) is 7.09. The highest BCUT2D eigenvalue weighted by molar-refractivity contribution is 6.02. The maximum atomic E-state index is 5.39. The van der Waals surface area contributed by atoms with Gasteiger partial charge in [-0.15, -0.1) is 0 Å². The van der Waals surface area contributed by atoms with Gasteiger partial charge >= 0.3 is 0 Å². The minimum Gasteiger partial charge on any atom is -0.497 e. The van der Waals surface area contributed by atoms with Crippen LogP contribution in [0.2, 0.25) is 0 Å². The van der Waals surface area contributed by atoms with Gasteiger partial charge in [-0.2, -0.15) is 0 Å². The SMILES string of the molecule is C=C1c2cc(OC)ccc2N=C(N(CC)CC)Nc2ccccc21. The lowest BCUT2D eigenvalue weighted by molar-refractivity contribution is 0.414. The van der Waals surface area contributed by atoms with Gasteiger partial charge in [-0.25, -0.2) is 4.99 Å². The molecule has 0 bridgehead atoms. The number of guanidine groups is 1. The fourth-order valence-corrected chi connectivity index (χ4v) is 2.92. The molecule has 0 aromatic heterocycles. The van der Waals surface area contributed by atoms with Gasteiger partial charge in [0.05, 0.1) is 12.8 Å². The first-order valence-electron chi connectivity index (χ1n) is 8.25. The monoisotopic (exact) mass is 321 g/mol. The van der Waals surface area contributed by atoms with Crippen molar-refractivity contribution >= 4 is 22.9 Å². The fraction of sp³-hybridized carbons (Fsp3) is 0.250. The minimum atomic E-state index is 0.806. The van der Waals surface area contributed by atoms with Crippen molar-refractivity contribution in [1.29, 1.82) is 0 Å². The fourth-order valence-electron chi connectivity index (χ4n) is 2.92. The van der Waals surface area contributed by atoms with Crippen LogP contribution in [0.15, 0.2) is 54.0 Å². The van der Waals surface area contributed by atoms with Gasteiger partial charge in [-0.1, -0.05) is 24.8 Å². The molecule has 1 aliphatic rings. The third-order valence-electron chi connectivity index (χ3n) is 4.32. The average Bonchev–Trinajstić information content (AvgIpc) is 2.61. The number of hydrogen-bond acceptors (Lipinski definition) is 4. The van der Waals surface area contributed by atoms with Crippen LogP contribution in [0.25, 0.3) is 5.57 Å². The summed E-state index contributed by atoms with van der Waals surface area (Å²) in [6, 6.07) is 14.1. The van der Waals surface area contributed by atoms with E-state index in [-0.39, 0.29) is 0 Å². The zero-order chi connectivity index (χ0) is 17.1. The maximum absolute atomic E-state index is 5.39. The molecule has 0 saturated heterocycles. The highest BCUT2D eigenvalue weighted by atomic mass is 16.5. The Hall–Kier alpha value is -2.75. The molecule has 0 fully saturated rings. The molecule has 4 heteroatoms. The molecule has 124 valence electrons. The van der Waals surface area contributed by atoms with E-state index in [1.165, 1.54) is 0 Å². The normalized spacial score (nSPS) is 13.0. The Morgan fingerprint density at radius 1 is 1.08 bits per heavy atom. The van der Waals surface area contributed by atoms with E-state index in [1.54, 1.807) is 7.11 Å². The van der Waals surface area contributed by atoms with Crippen molar-refractivity contribution in [2.24, 2.45) is 4.99 Å². The molecule has 3 rings (SSSR count). The average molecular weight is 321 g/mol. The molecule has 0 aliphatic carbocycles. The molecule has 0 saturated carbocycles. The van der Waals surface area contributed by atoms with Crippen LogP contribution in [0.1, 0.15) is 25.0 Å². The van der Waals surface area contributed by atoms with Crippen LogP contribution in [0.3, 0.4) is 0 Å². The Morgan fingerprint density at radius 3 is 2.54 bits per heavy atom. The smallest absolute Gasteiger partial charge is 0.203 e. The Kier molecular flexibility index (Phi) is 4.56. The standard InChI is InChI=1S/C20H23N3O/c1-5-23(6-2)20-21-18-10-8-7-9-16(18)14(3)17-13-15(24-4)11-12-19(17)22-20/h7-13H,3,5-6H2,1-2,4H3,(H,21,22). The van der Waals surface area contributed by atoms with E-state index in [4.69, 9.17) is 9.73 Å². The molecular weight excluding hydrogens is 298 g/mol. The number of anilines is 1. The van der Waals surface area contributed by atoms with E-state index in [2.05, 4.69) is 42.8 Å². The number of ether oxygens (including phenoxy) is 1. The molecular formula is C20H23N3O. The summed E-state index contributed by atoms with van der Waals surface area (Å²) in [5.41, 5.74) is 4.92. The van der Waals surface area contributed by atoms with Gasteiger partial charge in [0.1, 0.15) is 5.75 Å². The number of benzene rings is 2. The molecule has 1 aliphatic heterocycles. The second kappa shape index (κ2) is 6.79. The highest BCUT2D eigenvalue weighted by Gasteiger charge is 2.19. The molecule has 24 heavy (non-hydrogen) atoms. The van der Waals surface area contributed by atoms with E-state index < -0.39 is 0 Å². The molecule has 0 spiro atoms. The van der Waals surface area contributed by atoms with Gasteiger partial charge in [0, 0.05) is 29.9 Å². The number of fused-ring (bicyclic) bond motifs is 2. The summed E-state index contributed by atoms with van der Waals surface area (Å²) in [5.74, 6) is 1.66. The Labute approximate surface area is 143 Å². The quantitative estimate of drug-likeness (QED) is 0.903. The van der Waals surface area contributed by atoms with Crippen molar-refractivity contribution in [3.63, 3.8) is 0 Å². The van der Waals surface area contributed by atoms with E-state index in [0.717, 1.165) is 52.9 Å². The summed E-state index contributed by atoms with van der Waals surface area (Å²) >= 11 is 0. The third kappa shape index (κ3) is 2.87. The van der Waals surface area contributed by atoms with Crippen LogP contribution in [0.4, 0.5) is 11.4 Å². The first-order chi connectivity index (χ1) is 11.7. The van der Waals surface area contributed by atoms with Gasteiger partial charge < -0.3 is 15.0 Å². The summed E-state index contributed by atoms with van der Waals surface area (Å²) in [6.07, 6.45) is 0. The van der Waals surface area contributed by atoms with Gasteiger partial charge in [-0.05, 0) is 43.7 Å². The number of methoxy groups -OCH3 is 1. The van der Waals surface area contributed by atoms with Crippen molar-refractivity contribution in [3.05, 3.63) is 60.2 Å². The molecule has 2 aromatic carbocycles. The maximum Gasteiger partial charge on any atom is 0.203 e. The molecule has 1 heterocycles. The molecule has 2 aromatic rings. The summed E-state index contributed by atoms with van der Waals surface area (Å²) < 4.78 is 5.39. The number of aliphatic imine (C=N–C) groups is 1. The second-order valence-corrected chi connectivity index (χ2v) is 5.64. The molecule has 0 radical (unpaired) electrons. The molecule has 0 unspecified atom stereocenters. The number of rotatable bonds is 3. The first-order valence-corrected chi connectivity index (χ1v) is 8.25. The molecule has 0 atom stereocenters. The zero-order valence-corrected chi connectivity index (χ0v) is 14.5. The van der Waals surface area contributed by atoms with Crippen molar-refractivity contribution < 1.29 is 4.74 Å². The third-order valence-corrected chi connectivity index (χ3v) is 4.32. The Balaban J connectivity index is 2.23. The summed E-state index contributed by atoms with van der Waals surface area (Å²) in [6.45, 7) is 10.3. The van der Waals surface area contributed by atoms with Gasteiger partial charge in [0.15, 0.2) is 0 Å². The lowest BCUT2D eigenvalue weighted by atomic mass is 9.96. The number of nitrogens with one attached hydrogen (secondary N) is 1. The van der Waals surface area contributed by atoms with E-state index in [0.29, 0.717) is 0 Å². The van der Waals surface area contributed by atoms with E-state index in [9.17, 15) is 0 Å². The zero-order valence-electron chi connectivity index (χ0n) is 14.5. The highest BCUT2D eigenvalue weighted by Crippen LogP contribution is 2.37. The van der Waals surface area contributed by atoms with Crippen molar-refractivity contribution in [2.45, 2.75) is 13.8 Å². The topological polar surface area (TPSA) is 36.9 Å². The Morgan fingerprint density at radius 2 is 1.83 bits per heavy atom. The van der Waals surface area contributed by atoms with Crippen LogP contribution in [-0.2, 0) is 0 Å². The van der Waals surface area contributed by atoms with Crippen LogP contribution in [0.5, 0.6) is 5.75 Å². The lowest BCUT2D eigenvalue weighted by Gasteiger charge is -2.27. The van der Waals surface area contributed by atoms with Crippen LogP contribution >= 0.6 is 0 Å². The first kappa shape index (κ1) is 16.1. The predicted molar refractivity (Wildman–Crippen MR) is 101 cm³/mol. The van der Waals surface area contributed by atoms with Crippen molar-refractivity contribution in [2.75, 3.05) is 25.5 Å². The molecule has 4 nitrogen and oxygen atoms in total. The summed E-state index contributed by atoms with van der Waals surface area (Å²) in [7, 11) is 1.67. The van der Waals surface area contributed by atoms with Crippen molar-refractivity contribution in [3.8, 4) is 5.75 Å². The number of hydrogen-bond donors (Lipinski definition) is 1. The molecule has 0 amide bonds.